The quantitative estimate of drug-likeness (QED) is 0.232. The molecule has 2 amide bonds. The van der Waals surface area contributed by atoms with Crippen molar-refractivity contribution in [3.05, 3.63) is 88.8 Å². The topological polar surface area (TPSA) is 135 Å². The number of carbonyl (C=O) groups excluding carboxylic acids is 2. The Morgan fingerprint density at radius 2 is 2.05 bits per heavy atom. The van der Waals surface area contributed by atoms with Crippen LogP contribution in [0.4, 0.5) is 9.39 Å². The third-order valence-electron chi connectivity index (χ3n) is 6.03. The van der Waals surface area contributed by atoms with Gasteiger partial charge >= 0.3 is 0 Å². The molecule has 0 saturated carbocycles. The van der Waals surface area contributed by atoms with Gasteiger partial charge in [-0.3, -0.25) is 14.3 Å². The second-order valence-electron chi connectivity index (χ2n) is 8.94. The van der Waals surface area contributed by atoms with Crippen LogP contribution in [-0.2, 0) is 20.0 Å². The van der Waals surface area contributed by atoms with Gasteiger partial charge in [-0.25, -0.2) is 9.37 Å². The van der Waals surface area contributed by atoms with Crippen LogP contribution < -0.4 is 16.4 Å². The molecule has 0 saturated heterocycles. The highest BCUT2D eigenvalue weighted by molar-refractivity contribution is 7.19. The second-order valence-corrected chi connectivity index (χ2v) is 9.99. The van der Waals surface area contributed by atoms with E-state index in [1.54, 1.807) is 47.3 Å². The number of hydrogen-bond donors (Lipinski definition) is 4. The number of hydrogen-bond acceptors (Lipinski definition) is 7. The number of benzene rings is 1. The van der Waals surface area contributed by atoms with E-state index in [1.807, 2.05) is 20.2 Å². The fourth-order valence-corrected chi connectivity index (χ4v) is 4.95. The number of rotatable bonds is 11. The maximum absolute atomic E-state index is 14.9. The molecular formula is C27H29FN6O3S. The van der Waals surface area contributed by atoms with Crippen molar-refractivity contribution in [3.8, 4) is 10.4 Å². The van der Waals surface area contributed by atoms with Crippen LogP contribution in [0.5, 0.6) is 0 Å². The van der Waals surface area contributed by atoms with E-state index >= 15 is 0 Å². The first-order valence-corrected chi connectivity index (χ1v) is 12.9. The van der Waals surface area contributed by atoms with Gasteiger partial charge in [0, 0.05) is 42.8 Å². The van der Waals surface area contributed by atoms with Crippen molar-refractivity contribution in [2.75, 3.05) is 18.5 Å². The number of aliphatic hydroxyl groups is 1. The van der Waals surface area contributed by atoms with E-state index in [4.69, 9.17) is 5.73 Å². The zero-order chi connectivity index (χ0) is 27.2. The summed E-state index contributed by atoms with van der Waals surface area (Å²) in [6, 6.07) is 11.5. The van der Waals surface area contributed by atoms with Crippen LogP contribution in [0.3, 0.4) is 0 Å². The van der Waals surface area contributed by atoms with Crippen molar-refractivity contribution in [2.24, 2.45) is 12.8 Å². The number of nitrogens with two attached hydrogens (primary N) is 1. The van der Waals surface area contributed by atoms with Crippen molar-refractivity contribution >= 4 is 28.2 Å². The molecule has 4 rings (SSSR count). The first kappa shape index (κ1) is 27.0. The number of anilines is 1. The summed E-state index contributed by atoms with van der Waals surface area (Å²) in [5.74, 6) is -1.57. The number of aromatic nitrogens is 3. The molecule has 4 aromatic rings. The van der Waals surface area contributed by atoms with Gasteiger partial charge in [-0.15, -0.1) is 11.3 Å². The molecule has 0 fully saturated rings. The highest BCUT2D eigenvalue weighted by Crippen LogP contribution is 2.37. The SMILES string of the molecule is CC(CO)c1ccc(-c2cc(C(N)=O)c(NCc3cccc(C(=O)NCCc4cnn(C)c4)n3)s2)c(F)c1. The minimum Gasteiger partial charge on any atom is -0.396 e. The minimum absolute atomic E-state index is 0.0834. The van der Waals surface area contributed by atoms with Gasteiger partial charge in [-0.2, -0.15) is 5.10 Å². The largest absolute Gasteiger partial charge is 0.396 e. The lowest BCUT2D eigenvalue weighted by Crippen LogP contribution is -2.26. The average molecular weight is 537 g/mol. The van der Waals surface area contributed by atoms with E-state index in [0.29, 0.717) is 39.7 Å². The zero-order valence-electron chi connectivity index (χ0n) is 21.1. The number of thiophene rings is 1. The Morgan fingerprint density at radius 3 is 2.74 bits per heavy atom. The molecule has 5 N–H and O–H groups in total. The highest BCUT2D eigenvalue weighted by Gasteiger charge is 2.18. The normalized spacial score (nSPS) is 11.8. The predicted octanol–water partition coefficient (Wildman–Crippen LogP) is 3.46. The van der Waals surface area contributed by atoms with Crippen molar-refractivity contribution in [1.29, 1.82) is 0 Å². The molecule has 38 heavy (non-hydrogen) atoms. The molecule has 0 aliphatic rings. The number of pyridine rings is 1. The molecule has 0 spiro atoms. The van der Waals surface area contributed by atoms with Crippen molar-refractivity contribution < 1.29 is 19.1 Å². The summed E-state index contributed by atoms with van der Waals surface area (Å²) in [5.41, 5.74) is 8.72. The number of primary amides is 1. The van der Waals surface area contributed by atoms with Crippen LogP contribution >= 0.6 is 11.3 Å². The molecule has 198 valence electrons. The molecule has 0 radical (unpaired) electrons. The summed E-state index contributed by atoms with van der Waals surface area (Å²) in [6.07, 6.45) is 4.31. The summed E-state index contributed by atoms with van der Waals surface area (Å²) in [7, 11) is 1.84. The van der Waals surface area contributed by atoms with Crippen LogP contribution in [0.1, 0.15) is 50.5 Å². The summed E-state index contributed by atoms with van der Waals surface area (Å²) in [5, 5.41) is 19.9. The Labute approximate surface area is 223 Å². The molecular weight excluding hydrogens is 507 g/mol. The van der Waals surface area contributed by atoms with E-state index in [-0.39, 0.29) is 36.2 Å². The lowest BCUT2D eigenvalue weighted by Gasteiger charge is -2.10. The Balaban J connectivity index is 1.44. The molecule has 0 bridgehead atoms. The Hall–Kier alpha value is -4.09. The molecule has 0 aliphatic carbocycles. The molecule has 3 aromatic heterocycles. The van der Waals surface area contributed by atoms with Crippen LogP contribution in [0.15, 0.2) is 54.9 Å². The maximum atomic E-state index is 14.9. The van der Waals surface area contributed by atoms with Crippen LogP contribution in [-0.4, -0.2) is 44.8 Å². The summed E-state index contributed by atoms with van der Waals surface area (Å²) >= 11 is 1.20. The second kappa shape index (κ2) is 12.0. The third-order valence-corrected chi connectivity index (χ3v) is 7.15. The van der Waals surface area contributed by atoms with Crippen molar-refractivity contribution in [2.45, 2.75) is 25.8 Å². The Morgan fingerprint density at radius 1 is 1.24 bits per heavy atom. The van der Waals surface area contributed by atoms with Crippen molar-refractivity contribution in [3.63, 3.8) is 0 Å². The number of amides is 2. The molecule has 3 heterocycles. The Kier molecular flexibility index (Phi) is 8.49. The van der Waals surface area contributed by atoms with Gasteiger partial charge in [-0.05, 0) is 41.8 Å². The summed E-state index contributed by atoms with van der Waals surface area (Å²) < 4.78 is 16.6. The number of aryl methyl sites for hydroxylation is 1. The van der Waals surface area contributed by atoms with Crippen LogP contribution in [0.2, 0.25) is 0 Å². The lowest BCUT2D eigenvalue weighted by molar-refractivity contribution is 0.0947. The summed E-state index contributed by atoms with van der Waals surface area (Å²) in [6.45, 7) is 2.40. The smallest absolute Gasteiger partial charge is 0.269 e. The lowest BCUT2D eigenvalue weighted by atomic mass is 9.99. The van der Waals surface area contributed by atoms with Crippen molar-refractivity contribution in [1.82, 2.24) is 20.1 Å². The molecule has 1 aromatic carbocycles. The fourth-order valence-electron chi connectivity index (χ4n) is 3.87. The van der Waals surface area contributed by atoms with Gasteiger partial charge < -0.3 is 21.5 Å². The van der Waals surface area contributed by atoms with E-state index in [2.05, 4.69) is 20.7 Å². The standard InChI is InChI=1S/C27H29FN6O3S/c1-16(15-35)18-6-7-20(22(28)10-18)24-11-21(25(29)36)27(38-24)31-13-19-4-3-5-23(33-19)26(37)30-9-8-17-12-32-34(2)14-17/h3-7,10-12,14,16,31,35H,8-9,13,15H2,1-2H3,(H2,29,36)(H,30,37). The van der Waals surface area contributed by atoms with Crippen LogP contribution in [0, 0.1) is 5.82 Å². The van der Waals surface area contributed by atoms with Gasteiger partial charge in [0.1, 0.15) is 16.5 Å². The van der Waals surface area contributed by atoms with Gasteiger partial charge in [0.05, 0.1) is 24.0 Å². The molecule has 9 nitrogen and oxygen atoms in total. The predicted molar refractivity (Wildman–Crippen MR) is 145 cm³/mol. The molecule has 0 aliphatic heterocycles. The minimum atomic E-state index is -0.643. The monoisotopic (exact) mass is 536 g/mol. The number of halogens is 1. The average Bonchev–Trinajstić information content (AvgIpc) is 3.53. The fraction of sp³-hybridized carbons (Fsp3) is 0.259. The number of nitrogens with zero attached hydrogens (tertiary/aromatic N) is 3. The maximum Gasteiger partial charge on any atom is 0.269 e. The summed E-state index contributed by atoms with van der Waals surface area (Å²) in [4.78, 5) is 29.6. The number of nitrogens with one attached hydrogen (secondary N) is 2. The molecule has 1 unspecified atom stereocenters. The van der Waals surface area contributed by atoms with Gasteiger partial charge in [0.2, 0.25) is 0 Å². The number of carbonyl (C=O) groups is 2. The van der Waals surface area contributed by atoms with Gasteiger partial charge in [0.15, 0.2) is 0 Å². The van der Waals surface area contributed by atoms with Gasteiger partial charge in [-0.1, -0.05) is 25.1 Å². The Bertz CT molecular complexity index is 1450. The first-order valence-electron chi connectivity index (χ1n) is 12.0. The third kappa shape index (κ3) is 6.42. The first-order chi connectivity index (χ1) is 18.2. The highest BCUT2D eigenvalue weighted by atomic mass is 32.1. The zero-order valence-corrected chi connectivity index (χ0v) is 21.9. The van der Waals surface area contributed by atoms with E-state index in [9.17, 15) is 19.1 Å². The molecule has 1 atom stereocenters. The van der Waals surface area contributed by atoms with E-state index in [1.165, 1.54) is 17.4 Å². The molecule has 11 heteroatoms. The van der Waals surface area contributed by atoms with E-state index in [0.717, 1.165) is 5.56 Å². The van der Waals surface area contributed by atoms with Gasteiger partial charge in [0.25, 0.3) is 11.8 Å². The number of aliphatic hydroxyl groups excluding tert-OH is 1. The van der Waals surface area contributed by atoms with E-state index < -0.39 is 11.7 Å². The van der Waals surface area contributed by atoms with Crippen LogP contribution in [0.25, 0.3) is 10.4 Å².